The summed E-state index contributed by atoms with van der Waals surface area (Å²) in [6, 6.07) is 8.25. The molecule has 1 aliphatic rings. The molecule has 1 aliphatic carbocycles. The lowest BCUT2D eigenvalue weighted by Crippen LogP contribution is -2.34. The third-order valence-electron chi connectivity index (χ3n) is 3.24. The molecular formula is C14H18ClNO. The standard InChI is InChI=1S/C14H18ClNO/c1-10(15)9-16-14(17)13-8-4-6-11-5-2-3-7-12(11)13/h2-3,5,7,10,13H,4,6,8-9H2,1H3,(H,16,17). The summed E-state index contributed by atoms with van der Waals surface area (Å²) < 4.78 is 0. The van der Waals surface area contributed by atoms with Crippen molar-refractivity contribution in [1.29, 1.82) is 0 Å². The minimum atomic E-state index is -0.0159. The molecule has 3 heteroatoms. The lowest BCUT2D eigenvalue weighted by atomic mass is 9.82. The average Bonchev–Trinajstić information content (AvgIpc) is 2.35. The quantitative estimate of drug-likeness (QED) is 0.823. The van der Waals surface area contributed by atoms with E-state index in [4.69, 9.17) is 11.6 Å². The van der Waals surface area contributed by atoms with Crippen LogP contribution in [0.1, 0.15) is 36.8 Å². The first kappa shape index (κ1) is 12.4. The molecule has 0 saturated carbocycles. The van der Waals surface area contributed by atoms with Crippen molar-refractivity contribution in [2.24, 2.45) is 0 Å². The highest BCUT2D eigenvalue weighted by Crippen LogP contribution is 2.31. The van der Waals surface area contributed by atoms with Crippen molar-refractivity contribution in [2.75, 3.05) is 6.54 Å². The molecule has 2 atom stereocenters. The third kappa shape index (κ3) is 3.01. The Bertz CT molecular complexity index is 403. The molecule has 0 heterocycles. The molecule has 2 rings (SSSR count). The van der Waals surface area contributed by atoms with Crippen LogP contribution in [-0.4, -0.2) is 17.8 Å². The third-order valence-corrected chi connectivity index (χ3v) is 3.40. The highest BCUT2D eigenvalue weighted by Gasteiger charge is 2.25. The van der Waals surface area contributed by atoms with Gasteiger partial charge in [-0.2, -0.15) is 0 Å². The first-order valence-corrected chi connectivity index (χ1v) is 6.61. The summed E-state index contributed by atoms with van der Waals surface area (Å²) in [5, 5.41) is 2.91. The number of nitrogens with one attached hydrogen (secondary N) is 1. The predicted octanol–water partition coefficient (Wildman–Crippen LogP) is 2.85. The maximum Gasteiger partial charge on any atom is 0.227 e. The number of hydrogen-bond donors (Lipinski definition) is 1. The number of rotatable bonds is 3. The van der Waals surface area contributed by atoms with Gasteiger partial charge < -0.3 is 5.32 Å². The SMILES string of the molecule is CC(Cl)CNC(=O)C1CCCc2ccccc21. The van der Waals surface area contributed by atoms with E-state index >= 15 is 0 Å². The number of alkyl halides is 1. The molecule has 0 spiro atoms. The zero-order valence-corrected chi connectivity index (χ0v) is 10.8. The second-order valence-electron chi connectivity index (χ2n) is 4.67. The first-order chi connectivity index (χ1) is 8.18. The van der Waals surface area contributed by atoms with Crippen molar-refractivity contribution < 1.29 is 4.79 Å². The first-order valence-electron chi connectivity index (χ1n) is 6.18. The van der Waals surface area contributed by atoms with E-state index in [2.05, 4.69) is 17.4 Å². The van der Waals surface area contributed by atoms with E-state index in [1.54, 1.807) is 0 Å². The molecule has 2 unspecified atom stereocenters. The highest BCUT2D eigenvalue weighted by molar-refractivity contribution is 6.20. The number of aryl methyl sites for hydroxylation is 1. The smallest absolute Gasteiger partial charge is 0.227 e. The van der Waals surface area contributed by atoms with Crippen LogP contribution < -0.4 is 5.32 Å². The summed E-state index contributed by atoms with van der Waals surface area (Å²) in [5.74, 6) is 0.125. The van der Waals surface area contributed by atoms with Gasteiger partial charge >= 0.3 is 0 Å². The summed E-state index contributed by atoms with van der Waals surface area (Å²) in [6.45, 7) is 2.43. The zero-order chi connectivity index (χ0) is 12.3. The monoisotopic (exact) mass is 251 g/mol. The van der Waals surface area contributed by atoms with Crippen LogP contribution in [0.4, 0.5) is 0 Å². The van der Waals surface area contributed by atoms with E-state index in [1.165, 1.54) is 11.1 Å². The van der Waals surface area contributed by atoms with E-state index < -0.39 is 0 Å². The Morgan fingerprint density at radius 2 is 2.29 bits per heavy atom. The van der Waals surface area contributed by atoms with Crippen molar-refractivity contribution >= 4 is 17.5 Å². The second kappa shape index (κ2) is 5.54. The number of carbonyl (C=O) groups is 1. The molecule has 0 radical (unpaired) electrons. The van der Waals surface area contributed by atoms with Gasteiger partial charge in [-0.3, -0.25) is 4.79 Å². The van der Waals surface area contributed by atoms with Crippen molar-refractivity contribution in [3.05, 3.63) is 35.4 Å². The fraction of sp³-hybridized carbons (Fsp3) is 0.500. The van der Waals surface area contributed by atoms with Crippen LogP contribution in [0.5, 0.6) is 0 Å². The molecule has 17 heavy (non-hydrogen) atoms. The van der Waals surface area contributed by atoms with Gasteiger partial charge in [-0.25, -0.2) is 0 Å². The minimum absolute atomic E-state index is 0.00960. The normalized spacial score (nSPS) is 20.5. The largest absolute Gasteiger partial charge is 0.354 e. The lowest BCUT2D eigenvalue weighted by molar-refractivity contribution is -0.122. The minimum Gasteiger partial charge on any atom is -0.354 e. The van der Waals surface area contributed by atoms with Crippen molar-refractivity contribution in [2.45, 2.75) is 37.5 Å². The molecule has 0 bridgehead atoms. The maximum absolute atomic E-state index is 12.1. The van der Waals surface area contributed by atoms with Crippen LogP contribution in [-0.2, 0) is 11.2 Å². The van der Waals surface area contributed by atoms with E-state index in [1.807, 2.05) is 19.1 Å². The van der Waals surface area contributed by atoms with Gasteiger partial charge in [-0.05, 0) is 37.3 Å². The molecule has 1 aromatic rings. The Hall–Kier alpha value is -1.02. The average molecular weight is 252 g/mol. The molecule has 1 N–H and O–H groups in total. The van der Waals surface area contributed by atoms with Crippen molar-refractivity contribution in [3.8, 4) is 0 Å². The van der Waals surface area contributed by atoms with E-state index in [9.17, 15) is 4.79 Å². The molecular weight excluding hydrogens is 234 g/mol. The van der Waals surface area contributed by atoms with Crippen LogP contribution >= 0.6 is 11.6 Å². The van der Waals surface area contributed by atoms with Crippen LogP contribution in [0.3, 0.4) is 0 Å². The zero-order valence-electron chi connectivity index (χ0n) is 10.1. The Balaban J connectivity index is 2.10. The Morgan fingerprint density at radius 1 is 1.53 bits per heavy atom. The van der Waals surface area contributed by atoms with Crippen LogP contribution in [0.2, 0.25) is 0 Å². The summed E-state index contributed by atoms with van der Waals surface area (Å²) in [7, 11) is 0. The lowest BCUT2D eigenvalue weighted by Gasteiger charge is -2.24. The molecule has 1 aromatic carbocycles. The van der Waals surface area contributed by atoms with Crippen LogP contribution in [0, 0.1) is 0 Å². The van der Waals surface area contributed by atoms with Gasteiger partial charge in [0.2, 0.25) is 5.91 Å². The maximum atomic E-state index is 12.1. The van der Waals surface area contributed by atoms with Gasteiger partial charge in [0.1, 0.15) is 0 Å². The fourth-order valence-electron chi connectivity index (χ4n) is 2.39. The number of hydrogen-bond acceptors (Lipinski definition) is 1. The Kier molecular flexibility index (Phi) is 4.06. The Morgan fingerprint density at radius 3 is 3.06 bits per heavy atom. The van der Waals surface area contributed by atoms with Crippen LogP contribution in [0.15, 0.2) is 24.3 Å². The van der Waals surface area contributed by atoms with Gasteiger partial charge in [0.25, 0.3) is 0 Å². The van der Waals surface area contributed by atoms with Gasteiger partial charge in [0, 0.05) is 11.9 Å². The Labute approximate surface area is 107 Å². The summed E-state index contributed by atoms with van der Waals surface area (Å²) >= 11 is 5.85. The number of carbonyl (C=O) groups excluding carboxylic acids is 1. The van der Waals surface area contributed by atoms with Crippen LogP contribution in [0.25, 0.3) is 0 Å². The predicted molar refractivity (Wildman–Crippen MR) is 70.4 cm³/mol. The molecule has 0 aromatic heterocycles. The molecule has 0 fully saturated rings. The van der Waals surface area contributed by atoms with E-state index in [0.29, 0.717) is 6.54 Å². The molecule has 0 saturated heterocycles. The number of halogens is 1. The fourth-order valence-corrected chi connectivity index (χ4v) is 2.47. The highest BCUT2D eigenvalue weighted by atomic mass is 35.5. The molecule has 1 amide bonds. The van der Waals surface area contributed by atoms with E-state index in [0.717, 1.165) is 19.3 Å². The van der Waals surface area contributed by atoms with Gasteiger partial charge in [-0.1, -0.05) is 24.3 Å². The molecule has 0 aliphatic heterocycles. The van der Waals surface area contributed by atoms with E-state index in [-0.39, 0.29) is 17.2 Å². The second-order valence-corrected chi connectivity index (χ2v) is 5.41. The summed E-state index contributed by atoms with van der Waals surface area (Å²) in [6.07, 6.45) is 3.12. The number of benzene rings is 1. The van der Waals surface area contributed by atoms with Crippen molar-refractivity contribution in [1.82, 2.24) is 5.32 Å². The molecule has 92 valence electrons. The van der Waals surface area contributed by atoms with Crippen molar-refractivity contribution in [3.63, 3.8) is 0 Å². The number of fused-ring (bicyclic) bond motifs is 1. The van der Waals surface area contributed by atoms with Gasteiger partial charge in [0.15, 0.2) is 0 Å². The van der Waals surface area contributed by atoms with Gasteiger partial charge in [-0.15, -0.1) is 11.6 Å². The number of amides is 1. The topological polar surface area (TPSA) is 29.1 Å². The molecule has 2 nitrogen and oxygen atoms in total. The summed E-state index contributed by atoms with van der Waals surface area (Å²) in [5.41, 5.74) is 2.51. The summed E-state index contributed by atoms with van der Waals surface area (Å²) in [4.78, 5) is 12.1. The van der Waals surface area contributed by atoms with Gasteiger partial charge in [0.05, 0.1) is 5.92 Å².